The van der Waals surface area contributed by atoms with Crippen LogP contribution in [0.15, 0.2) is 47.1 Å². The predicted molar refractivity (Wildman–Crippen MR) is 96.6 cm³/mol. The molecule has 0 bridgehead atoms. The summed E-state index contributed by atoms with van der Waals surface area (Å²) >= 11 is 3.34. The van der Waals surface area contributed by atoms with Crippen LogP contribution in [0.3, 0.4) is 0 Å². The molecular weight excluding hydrogens is 378 g/mol. The number of rotatable bonds is 7. The maximum atomic E-state index is 12.1. The molecule has 0 aliphatic heterocycles. The largest absolute Gasteiger partial charge is 0.366 e. The molecule has 1 aromatic carbocycles. The molecule has 0 radical (unpaired) electrons. The van der Waals surface area contributed by atoms with E-state index in [1.807, 2.05) is 50.2 Å². The number of nitrogens with one attached hydrogen (secondary N) is 2. The van der Waals surface area contributed by atoms with Gasteiger partial charge >= 0.3 is 0 Å². The van der Waals surface area contributed by atoms with Gasteiger partial charge in [-0.05, 0) is 53.0 Å². The number of benzene rings is 1. The number of sulfonamides is 1. The van der Waals surface area contributed by atoms with E-state index in [2.05, 4.69) is 31.0 Å². The summed E-state index contributed by atoms with van der Waals surface area (Å²) in [7, 11) is -3.34. The van der Waals surface area contributed by atoms with Crippen molar-refractivity contribution in [2.45, 2.75) is 32.2 Å². The summed E-state index contributed by atoms with van der Waals surface area (Å²) in [6.45, 7) is 4.14. The zero-order chi connectivity index (χ0) is 16.9. The zero-order valence-corrected chi connectivity index (χ0v) is 15.5. The highest BCUT2D eigenvalue weighted by molar-refractivity contribution is 9.10. The molecule has 0 saturated heterocycles. The highest BCUT2D eigenvalue weighted by Crippen LogP contribution is 2.15. The van der Waals surface area contributed by atoms with Crippen molar-refractivity contribution < 1.29 is 8.42 Å². The molecule has 0 unspecified atom stereocenters. The van der Waals surface area contributed by atoms with Gasteiger partial charge in [0.15, 0.2) is 0 Å². The van der Waals surface area contributed by atoms with E-state index in [4.69, 9.17) is 0 Å². The average molecular weight is 398 g/mol. The van der Waals surface area contributed by atoms with Crippen LogP contribution in [0.5, 0.6) is 0 Å². The van der Waals surface area contributed by atoms with Crippen LogP contribution >= 0.6 is 15.9 Å². The maximum Gasteiger partial charge on any atom is 0.216 e. The third-order valence-corrected chi connectivity index (χ3v) is 5.06. The van der Waals surface area contributed by atoms with Gasteiger partial charge in [0.05, 0.1) is 5.75 Å². The number of aromatic nitrogens is 1. The fourth-order valence-corrected chi connectivity index (χ4v) is 3.87. The van der Waals surface area contributed by atoms with Crippen LogP contribution < -0.4 is 10.0 Å². The number of nitrogens with zero attached hydrogens (tertiary/aromatic N) is 1. The van der Waals surface area contributed by atoms with Crippen molar-refractivity contribution in [1.29, 1.82) is 0 Å². The highest BCUT2D eigenvalue weighted by Gasteiger charge is 2.15. The fraction of sp³-hybridized carbons (Fsp3) is 0.312. The second-order valence-corrected chi connectivity index (χ2v) is 8.19. The first-order valence-corrected chi connectivity index (χ1v) is 9.72. The molecule has 0 atom stereocenters. The summed E-state index contributed by atoms with van der Waals surface area (Å²) in [6, 6.07) is 11.2. The van der Waals surface area contributed by atoms with Crippen molar-refractivity contribution in [2.75, 3.05) is 5.32 Å². The van der Waals surface area contributed by atoms with Crippen LogP contribution in [-0.4, -0.2) is 19.4 Å². The van der Waals surface area contributed by atoms with Crippen molar-refractivity contribution >= 4 is 31.8 Å². The first kappa shape index (κ1) is 17.9. The molecule has 0 aliphatic carbocycles. The molecule has 124 valence electrons. The van der Waals surface area contributed by atoms with Gasteiger partial charge < -0.3 is 5.32 Å². The van der Waals surface area contributed by atoms with Gasteiger partial charge in [-0.25, -0.2) is 18.1 Å². The van der Waals surface area contributed by atoms with E-state index in [-0.39, 0.29) is 11.8 Å². The fourth-order valence-electron chi connectivity index (χ4n) is 2.14. The molecule has 2 aromatic rings. The molecule has 0 fully saturated rings. The van der Waals surface area contributed by atoms with E-state index in [1.165, 1.54) is 0 Å². The Morgan fingerprint density at radius 1 is 1.13 bits per heavy atom. The molecule has 2 rings (SSSR count). The highest BCUT2D eigenvalue weighted by atomic mass is 79.9. The van der Waals surface area contributed by atoms with Crippen molar-refractivity contribution in [3.05, 3.63) is 58.2 Å². The van der Waals surface area contributed by atoms with Gasteiger partial charge in [0.2, 0.25) is 10.0 Å². The van der Waals surface area contributed by atoms with E-state index in [9.17, 15) is 8.42 Å². The molecule has 1 aromatic heterocycles. The molecule has 23 heavy (non-hydrogen) atoms. The third-order valence-electron chi connectivity index (χ3n) is 3.07. The van der Waals surface area contributed by atoms with E-state index in [1.54, 1.807) is 6.20 Å². The van der Waals surface area contributed by atoms with E-state index in [0.717, 1.165) is 21.4 Å². The Labute approximate surface area is 145 Å². The van der Waals surface area contributed by atoms with E-state index >= 15 is 0 Å². The molecule has 5 nitrogen and oxygen atoms in total. The van der Waals surface area contributed by atoms with Crippen molar-refractivity contribution in [3.63, 3.8) is 0 Å². The summed E-state index contributed by atoms with van der Waals surface area (Å²) in [5.74, 6) is 0.711. The molecule has 0 aliphatic rings. The quantitative estimate of drug-likeness (QED) is 0.751. The molecule has 0 saturated carbocycles. The zero-order valence-electron chi connectivity index (χ0n) is 13.1. The summed E-state index contributed by atoms with van der Waals surface area (Å²) < 4.78 is 27.8. The van der Waals surface area contributed by atoms with Crippen LogP contribution in [-0.2, 0) is 22.3 Å². The van der Waals surface area contributed by atoms with E-state index in [0.29, 0.717) is 6.54 Å². The van der Waals surface area contributed by atoms with Crippen molar-refractivity contribution in [1.82, 2.24) is 9.71 Å². The monoisotopic (exact) mass is 397 g/mol. The lowest BCUT2D eigenvalue weighted by Gasteiger charge is -2.13. The van der Waals surface area contributed by atoms with Gasteiger partial charge in [-0.2, -0.15) is 0 Å². The van der Waals surface area contributed by atoms with Crippen LogP contribution in [0.1, 0.15) is 25.0 Å². The van der Waals surface area contributed by atoms with Crippen LogP contribution in [0, 0.1) is 0 Å². The maximum absolute atomic E-state index is 12.1. The Balaban J connectivity index is 2.09. The molecule has 7 heteroatoms. The Morgan fingerprint density at radius 3 is 2.43 bits per heavy atom. The minimum Gasteiger partial charge on any atom is -0.366 e. The summed E-state index contributed by atoms with van der Waals surface area (Å²) in [5, 5.41) is 3.21. The van der Waals surface area contributed by atoms with Gasteiger partial charge in [0.1, 0.15) is 5.82 Å². The second-order valence-electron chi connectivity index (χ2n) is 5.52. The lowest BCUT2D eigenvalue weighted by molar-refractivity contribution is 0.569. The molecule has 1 heterocycles. The Kier molecular flexibility index (Phi) is 6.15. The Bertz CT molecular complexity index is 746. The summed E-state index contributed by atoms with van der Waals surface area (Å²) in [4.78, 5) is 4.25. The van der Waals surface area contributed by atoms with Crippen molar-refractivity contribution in [3.8, 4) is 0 Å². The molecule has 0 amide bonds. The second kappa shape index (κ2) is 7.90. The molecule has 0 spiro atoms. The van der Waals surface area contributed by atoms with E-state index < -0.39 is 10.0 Å². The standard InChI is InChI=1S/C16H20BrN3O2S/c1-12(2)20-23(21,22)11-14-6-4-3-5-13(14)9-18-16-8-7-15(17)10-19-16/h3-8,10,12,20H,9,11H2,1-2H3,(H,18,19). The van der Waals surface area contributed by atoms with Gasteiger partial charge in [-0.1, -0.05) is 24.3 Å². The SMILES string of the molecule is CC(C)NS(=O)(=O)Cc1ccccc1CNc1ccc(Br)cn1. The smallest absolute Gasteiger partial charge is 0.216 e. The van der Waals surface area contributed by atoms with Crippen LogP contribution in [0.2, 0.25) is 0 Å². The van der Waals surface area contributed by atoms with Gasteiger partial charge in [-0.3, -0.25) is 0 Å². The Hall–Kier alpha value is -1.44. The lowest BCUT2D eigenvalue weighted by atomic mass is 10.1. The minimum atomic E-state index is -3.34. The number of halogens is 1. The number of hydrogen-bond acceptors (Lipinski definition) is 4. The van der Waals surface area contributed by atoms with Crippen molar-refractivity contribution in [2.24, 2.45) is 0 Å². The number of anilines is 1. The average Bonchev–Trinajstić information content (AvgIpc) is 2.46. The van der Waals surface area contributed by atoms with Crippen LogP contribution in [0.4, 0.5) is 5.82 Å². The predicted octanol–water partition coefficient (Wildman–Crippen LogP) is 3.28. The molecular formula is C16H20BrN3O2S. The van der Waals surface area contributed by atoms with Gasteiger partial charge in [0.25, 0.3) is 0 Å². The topological polar surface area (TPSA) is 71.1 Å². The van der Waals surface area contributed by atoms with Gasteiger partial charge in [-0.15, -0.1) is 0 Å². The summed E-state index contributed by atoms with van der Waals surface area (Å²) in [6.07, 6.45) is 1.71. The molecule has 2 N–H and O–H groups in total. The lowest BCUT2D eigenvalue weighted by Crippen LogP contribution is -2.31. The normalized spacial score (nSPS) is 11.7. The third kappa shape index (κ3) is 5.93. The minimum absolute atomic E-state index is 0.0310. The number of pyridine rings is 1. The summed E-state index contributed by atoms with van der Waals surface area (Å²) in [5.41, 5.74) is 1.72. The van der Waals surface area contributed by atoms with Crippen LogP contribution in [0.25, 0.3) is 0 Å². The number of hydrogen-bond donors (Lipinski definition) is 2. The Morgan fingerprint density at radius 2 is 1.83 bits per heavy atom. The van der Waals surface area contributed by atoms with Gasteiger partial charge in [0, 0.05) is 23.3 Å². The first-order valence-electron chi connectivity index (χ1n) is 7.28. The first-order chi connectivity index (χ1) is 10.9.